The molecule has 0 saturated heterocycles. The molecule has 0 aliphatic rings. The zero-order chi connectivity index (χ0) is 19.1. The van der Waals surface area contributed by atoms with Gasteiger partial charge in [-0.05, 0) is 49.1 Å². The molecule has 3 atom stereocenters. The van der Waals surface area contributed by atoms with E-state index in [0.717, 1.165) is 16.7 Å². The van der Waals surface area contributed by atoms with Crippen molar-refractivity contribution in [2.45, 2.75) is 32.0 Å². The zero-order valence-corrected chi connectivity index (χ0v) is 15.6. The molecule has 0 aromatic heterocycles. The van der Waals surface area contributed by atoms with Crippen LogP contribution in [0.4, 0.5) is 0 Å². The van der Waals surface area contributed by atoms with Crippen molar-refractivity contribution in [2.24, 2.45) is 5.92 Å². The van der Waals surface area contributed by atoms with Crippen molar-refractivity contribution in [2.75, 3.05) is 0 Å². The Balaban J connectivity index is 2.00. The number of halogens is 1. The van der Waals surface area contributed by atoms with Crippen LogP contribution in [0.5, 0.6) is 5.75 Å². The molecular formula is C22H25ClO3. The van der Waals surface area contributed by atoms with Crippen LogP contribution in [0.15, 0.2) is 66.8 Å². The monoisotopic (exact) mass is 372 g/mol. The van der Waals surface area contributed by atoms with Gasteiger partial charge in [-0.3, -0.25) is 0 Å². The molecule has 0 aliphatic carbocycles. The summed E-state index contributed by atoms with van der Waals surface area (Å²) in [6.07, 6.45) is 3.20. The van der Waals surface area contributed by atoms with Crippen LogP contribution in [0.3, 0.4) is 0 Å². The van der Waals surface area contributed by atoms with E-state index in [-0.39, 0.29) is 5.75 Å². The van der Waals surface area contributed by atoms with Gasteiger partial charge in [-0.2, -0.15) is 0 Å². The van der Waals surface area contributed by atoms with Crippen LogP contribution in [-0.4, -0.2) is 21.4 Å². The van der Waals surface area contributed by atoms with Gasteiger partial charge >= 0.3 is 0 Å². The Hall–Kier alpha value is -2.07. The van der Waals surface area contributed by atoms with Crippen LogP contribution >= 0.6 is 11.6 Å². The standard InChI is InChI=1S/C22H25ClO3/c1-3-19(22(26)16-7-5-4-6-8-16)21(25)12-9-15(2)13-17-10-11-18(24)14-20(17)23/h3-8,10-11,13-14,19,21-22,24-26H,1,9,12H2,2H3/b15-13+/t19-,21-,22-/m1/s1. The second-order valence-electron chi connectivity index (χ2n) is 6.47. The van der Waals surface area contributed by atoms with Gasteiger partial charge in [0.05, 0.1) is 17.2 Å². The molecule has 3 nitrogen and oxygen atoms in total. The largest absolute Gasteiger partial charge is 0.508 e. The first-order chi connectivity index (χ1) is 12.4. The molecule has 2 aromatic rings. The summed E-state index contributed by atoms with van der Waals surface area (Å²) in [5.74, 6) is -0.314. The van der Waals surface area contributed by atoms with Crippen LogP contribution in [0.1, 0.15) is 37.0 Å². The minimum Gasteiger partial charge on any atom is -0.508 e. The Bertz CT molecular complexity index is 755. The van der Waals surface area contributed by atoms with Gasteiger partial charge in [0, 0.05) is 5.92 Å². The predicted molar refractivity (Wildman–Crippen MR) is 107 cm³/mol. The third-order valence-corrected chi connectivity index (χ3v) is 4.77. The number of allylic oxidation sites excluding steroid dienone is 1. The minimum atomic E-state index is -0.792. The van der Waals surface area contributed by atoms with Crippen LogP contribution in [-0.2, 0) is 0 Å². The first kappa shape index (κ1) is 20.2. The van der Waals surface area contributed by atoms with E-state index in [1.165, 1.54) is 6.07 Å². The Morgan fingerprint density at radius 3 is 2.46 bits per heavy atom. The highest BCUT2D eigenvalue weighted by molar-refractivity contribution is 6.32. The number of phenols is 1. The number of hydrogen-bond acceptors (Lipinski definition) is 3. The van der Waals surface area contributed by atoms with Crippen molar-refractivity contribution in [3.05, 3.63) is 82.9 Å². The smallest absolute Gasteiger partial charge is 0.117 e. The van der Waals surface area contributed by atoms with E-state index >= 15 is 0 Å². The van der Waals surface area contributed by atoms with E-state index < -0.39 is 18.1 Å². The van der Waals surface area contributed by atoms with Gasteiger partial charge in [-0.1, -0.05) is 59.7 Å². The second kappa shape index (κ2) is 9.58. The maximum atomic E-state index is 10.5. The first-order valence-electron chi connectivity index (χ1n) is 8.61. The fraction of sp³-hybridized carbons (Fsp3) is 0.273. The van der Waals surface area contributed by atoms with E-state index in [2.05, 4.69) is 6.58 Å². The average molecular weight is 373 g/mol. The number of aliphatic hydroxyl groups is 2. The summed E-state index contributed by atoms with van der Waals surface area (Å²) in [6.45, 7) is 5.73. The lowest BCUT2D eigenvalue weighted by atomic mass is 9.88. The van der Waals surface area contributed by atoms with Crippen molar-refractivity contribution >= 4 is 17.7 Å². The lowest BCUT2D eigenvalue weighted by Gasteiger charge is -2.25. The van der Waals surface area contributed by atoms with Gasteiger partial charge in [0.2, 0.25) is 0 Å². The average Bonchev–Trinajstić information content (AvgIpc) is 2.63. The maximum Gasteiger partial charge on any atom is 0.117 e. The highest BCUT2D eigenvalue weighted by Gasteiger charge is 2.25. The summed E-state index contributed by atoms with van der Waals surface area (Å²) < 4.78 is 0. The van der Waals surface area contributed by atoms with Crippen molar-refractivity contribution in [3.8, 4) is 5.75 Å². The summed E-state index contributed by atoms with van der Waals surface area (Å²) in [7, 11) is 0. The highest BCUT2D eigenvalue weighted by atomic mass is 35.5. The van der Waals surface area contributed by atoms with Gasteiger partial charge in [0.15, 0.2) is 0 Å². The van der Waals surface area contributed by atoms with Crippen LogP contribution < -0.4 is 0 Å². The van der Waals surface area contributed by atoms with E-state index in [1.807, 2.05) is 43.3 Å². The highest BCUT2D eigenvalue weighted by Crippen LogP contribution is 2.29. The molecule has 3 N–H and O–H groups in total. The minimum absolute atomic E-state index is 0.129. The van der Waals surface area contributed by atoms with Crippen molar-refractivity contribution in [1.29, 1.82) is 0 Å². The molecule has 2 rings (SSSR count). The molecule has 0 heterocycles. The predicted octanol–water partition coefficient (Wildman–Crippen LogP) is 5.13. The van der Waals surface area contributed by atoms with E-state index in [1.54, 1.807) is 18.2 Å². The van der Waals surface area contributed by atoms with Crippen molar-refractivity contribution in [3.63, 3.8) is 0 Å². The van der Waals surface area contributed by atoms with Gasteiger partial charge in [-0.25, -0.2) is 0 Å². The number of benzene rings is 2. The summed E-state index contributed by atoms with van der Waals surface area (Å²) in [5, 5.41) is 30.9. The molecule has 0 saturated carbocycles. The summed E-state index contributed by atoms with van der Waals surface area (Å²) in [4.78, 5) is 0. The third-order valence-electron chi connectivity index (χ3n) is 4.44. The summed E-state index contributed by atoms with van der Waals surface area (Å²) >= 11 is 6.12. The molecular weight excluding hydrogens is 348 g/mol. The van der Waals surface area contributed by atoms with Gasteiger partial charge < -0.3 is 15.3 Å². The molecule has 0 fully saturated rings. The normalized spacial score (nSPS) is 15.3. The SMILES string of the molecule is C=C[C@H]([C@H](O)CC/C(C)=C/c1ccc(O)cc1Cl)[C@H](O)c1ccccc1. The molecule has 0 amide bonds. The Morgan fingerprint density at radius 2 is 1.85 bits per heavy atom. The Labute approximate surface area is 159 Å². The fourth-order valence-corrected chi connectivity index (χ4v) is 3.14. The van der Waals surface area contributed by atoms with Gasteiger partial charge in [0.25, 0.3) is 0 Å². The van der Waals surface area contributed by atoms with Crippen molar-refractivity contribution < 1.29 is 15.3 Å². The van der Waals surface area contributed by atoms with Gasteiger partial charge in [0.1, 0.15) is 5.75 Å². The van der Waals surface area contributed by atoms with Crippen LogP contribution in [0, 0.1) is 5.92 Å². The first-order valence-corrected chi connectivity index (χ1v) is 8.99. The second-order valence-corrected chi connectivity index (χ2v) is 6.88. The molecule has 138 valence electrons. The summed E-state index contributed by atoms with van der Waals surface area (Å²) in [6, 6.07) is 14.1. The molecule has 4 heteroatoms. The third kappa shape index (κ3) is 5.46. The lowest BCUT2D eigenvalue weighted by molar-refractivity contribution is 0.0319. The molecule has 2 aromatic carbocycles. The Morgan fingerprint density at radius 1 is 1.15 bits per heavy atom. The maximum absolute atomic E-state index is 10.5. The number of rotatable bonds is 8. The van der Waals surface area contributed by atoms with Crippen molar-refractivity contribution in [1.82, 2.24) is 0 Å². The molecule has 26 heavy (non-hydrogen) atoms. The number of hydrogen-bond donors (Lipinski definition) is 3. The number of phenolic OH excluding ortho intramolecular Hbond substituents is 1. The van der Waals surface area contributed by atoms with Crippen LogP contribution in [0.25, 0.3) is 6.08 Å². The molecule has 0 aliphatic heterocycles. The van der Waals surface area contributed by atoms with Gasteiger partial charge in [-0.15, -0.1) is 6.58 Å². The summed E-state index contributed by atoms with van der Waals surface area (Å²) in [5.41, 5.74) is 2.63. The fourth-order valence-electron chi connectivity index (χ4n) is 2.91. The van der Waals surface area contributed by atoms with E-state index in [9.17, 15) is 15.3 Å². The number of aromatic hydroxyl groups is 1. The molecule has 0 spiro atoms. The van der Waals surface area contributed by atoms with Crippen LogP contribution in [0.2, 0.25) is 5.02 Å². The number of aliphatic hydroxyl groups excluding tert-OH is 2. The molecule has 0 bridgehead atoms. The lowest BCUT2D eigenvalue weighted by Crippen LogP contribution is -2.25. The topological polar surface area (TPSA) is 60.7 Å². The quantitative estimate of drug-likeness (QED) is 0.563. The molecule has 0 unspecified atom stereocenters. The molecule has 0 radical (unpaired) electrons. The zero-order valence-electron chi connectivity index (χ0n) is 14.8. The van der Waals surface area contributed by atoms with E-state index in [0.29, 0.717) is 17.9 Å². The van der Waals surface area contributed by atoms with E-state index in [4.69, 9.17) is 11.6 Å². The Kier molecular flexibility index (Phi) is 7.46.